The van der Waals surface area contributed by atoms with Crippen molar-refractivity contribution in [2.45, 2.75) is 40.2 Å². The lowest BCUT2D eigenvalue weighted by Gasteiger charge is -2.30. The van der Waals surface area contributed by atoms with Gasteiger partial charge in [0, 0.05) is 12.2 Å². The van der Waals surface area contributed by atoms with E-state index in [4.69, 9.17) is 10.2 Å². The van der Waals surface area contributed by atoms with Crippen LogP contribution in [0.5, 0.6) is 0 Å². The van der Waals surface area contributed by atoms with Gasteiger partial charge in [0.25, 0.3) is 0 Å². The Balaban J connectivity index is 0.00000261. The van der Waals surface area contributed by atoms with Crippen molar-refractivity contribution in [1.29, 1.82) is 0 Å². The first-order valence-electron chi connectivity index (χ1n) is 9.28. The number of hydrogen-bond donors (Lipinski definition) is 2. The Morgan fingerprint density at radius 1 is 1.22 bits per heavy atom. The number of hydrogen-bond acceptors (Lipinski definition) is 4. The molecule has 0 aliphatic carbocycles. The van der Waals surface area contributed by atoms with Crippen molar-refractivity contribution in [3.8, 4) is 0 Å². The first kappa shape index (κ1) is 21.7. The van der Waals surface area contributed by atoms with Crippen LogP contribution in [0.15, 0.2) is 33.7 Å². The number of aliphatic imine (C=N–C) groups is 1. The van der Waals surface area contributed by atoms with Crippen LogP contribution in [0.1, 0.15) is 35.7 Å². The van der Waals surface area contributed by atoms with Crippen molar-refractivity contribution >= 4 is 35.6 Å². The van der Waals surface area contributed by atoms with Gasteiger partial charge in [0.2, 0.25) is 5.89 Å². The third-order valence-corrected chi connectivity index (χ3v) is 4.98. The van der Waals surface area contributed by atoms with Crippen LogP contribution in [0.25, 0.3) is 0 Å². The Labute approximate surface area is 178 Å². The minimum atomic E-state index is 0. The highest BCUT2D eigenvalue weighted by molar-refractivity contribution is 14.0. The van der Waals surface area contributed by atoms with Gasteiger partial charge in [0.1, 0.15) is 5.76 Å². The fourth-order valence-corrected chi connectivity index (χ4v) is 3.18. The molecule has 1 aromatic heterocycles. The molecule has 7 heteroatoms. The third kappa shape index (κ3) is 6.49. The van der Waals surface area contributed by atoms with E-state index in [0.29, 0.717) is 11.9 Å². The largest absolute Gasteiger partial charge is 0.444 e. The van der Waals surface area contributed by atoms with E-state index in [-0.39, 0.29) is 24.0 Å². The van der Waals surface area contributed by atoms with Gasteiger partial charge < -0.3 is 15.5 Å². The maximum absolute atomic E-state index is 6.01. The van der Waals surface area contributed by atoms with E-state index < -0.39 is 0 Å². The number of likely N-dealkylation sites (tertiary alicyclic amines) is 1. The second-order valence-corrected chi connectivity index (χ2v) is 7.19. The van der Waals surface area contributed by atoms with Gasteiger partial charge in [-0.05, 0) is 64.8 Å². The fourth-order valence-electron chi connectivity index (χ4n) is 3.18. The molecule has 0 radical (unpaired) electrons. The number of benzene rings is 1. The molecule has 2 aromatic rings. The highest BCUT2D eigenvalue weighted by Crippen LogP contribution is 2.20. The fraction of sp³-hybridized carbons (Fsp3) is 0.500. The van der Waals surface area contributed by atoms with Crippen LogP contribution < -0.4 is 11.1 Å². The van der Waals surface area contributed by atoms with E-state index in [0.717, 1.165) is 62.1 Å². The molecule has 0 saturated carbocycles. The lowest BCUT2D eigenvalue weighted by atomic mass is 9.97. The van der Waals surface area contributed by atoms with Crippen LogP contribution >= 0.6 is 24.0 Å². The highest BCUT2D eigenvalue weighted by Gasteiger charge is 2.20. The van der Waals surface area contributed by atoms with E-state index in [1.807, 2.05) is 26.0 Å². The second kappa shape index (κ2) is 10.1. The second-order valence-electron chi connectivity index (χ2n) is 7.19. The molecule has 0 bridgehead atoms. The van der Waals surface area contributed by atoms with Crippen molar-refractivity contribution in [2.24, 2.45) is 16.6 Å². The quantitative estimate of drug-likeness (QED) is 0.384. The summed E-state index contributed by atoms with van der Waals surface area (Å²) in [6.07, 6.45) is 2.25. The Morgan fingerprint density at radius 2 is 1.89 bits per heavy atom. The third-order valence-electron chi connectivity index (χ3n) is 4.98. The number of guanidine groups is 1. The molecule has 0 unspecified atom stereocenters. The number of aryl methyl sites for hydroxylation is 3. The smallest absolute Gasteiger partial charge is 0.208 e. The van der Waals surface area contributed by atoms with Crippen LogP contribution in [0.4, 0.5) is 5.69 Å². The zero-order chi connectivity index (χ0) is 18.5. The highest BCUT2D eigenvalue weighted by atomic mass is 127. The zero-order valence-electron chi connectivity index (χ0n) is 16.4. The van der Waals surface area contributed by atoms with Gasteiger partial charge in [-0.2, -0.15) is 0 Å². The molecule has 6 nitrogen and oxygen atoms in total. The zero-order valence-corrected chi connectivity index (χ0v) is 18.7. The number of halogens is 1. The average molecular weight is 483 g/mol. The molecule has 3 rings (SSSR count). The Bertz CT molecular complexity index is 729. The molecule has 3 N–H and O–H groups in total. The molecule has 0 amide bonds. The summed E-state index contributed by atoms with van der Waals surface area (Å²) in [7, 11) is 0. The van der Waals surface area contributed by atoms with E-state index in [9.17, 15) is 0 Å². The number of nitrogens with one attached hydrogen (secondary N) is 1. The van der Waals surface area contributed by atoms with Gasteiger partial charge in [0.15, 0.2) is 5.96 Å². The van der Waals surface area contributed by atoms with Gasteiger partial charge in [-0.15, -0.1) is 24.0 Å². The number of aromatic nitrogens is 1. The molecular formula is C20H30IN5O. The van der Waals surface area contributed by atoms with Crippen LogP contribution in [0.3, 0.4) is 0 Å². The minimum absolute atomic E-state index is 0. The molecular weight excluding hydrogens is 453 g/mol. The summed E-state index contributed by atoms with van der Waals surface area (Å²) in [4.78, 5) is 11.4. The number of rotatable bonds is 5. The van der Waals surface area contributed by atoms with Crippen LogP contribution in [-0.4, -0.2) is 35.5 Å². The summed E-state index contributed by atoms with van der Waals surface area (Å²) >= 11 is 0. The van der Waals surface area contributed by atoms with Gasteiger partial charge in [-0.3, -0.25) is 9.89 Å². The lowest BCUT2D eigenvalue weighted by molar-refractivity contribution is 0.166. The summed E-state index contributed by atoms with van der Waals surface area (Å²) in [6.45, 7) is 9.68. The van der Waals surface area contributed by atoms with Crippen molar-refractivity contribution < 1.29 is 4.42 Å². The molecule has 1 aliphatic heterocycles. The molecule has 0 atom stereocenters. The first-order valence-corrected chi connectivity index (χ1v) is 9.28. The maximum Gasteiger partial charge on any atom is 0.208 e. The van der Waals surface area contributed by atoms with Crippen molar-refractivity contribution in [1.82, 2.24) is 9.88 Å². The van der Waals surface area contributed by atoms with Crippen LogP contribution in [-0.2, 0) is 6.54 Å². The Hall–Kier alpha value is -1.61. The van der Waals surface area contributed by atoms with Gasteiger partial charge >= 0.3 is 0 Å². The first-order chi connectivity index (χ1) is 12.5. The predicted octanol–water partition coefficient (Wildman–Crippen LogP) is 3.86. The summed E-state index contributed by atoms with van der Waals surface area (Å²) in [5.41, 5.74) is 9.21. The Kier molecular flexibility index (Phi) is 8.09. The van der Waals surface area contributed by atoms with Crippen molar-refractivity contribution in [3.05, 3.63) is 47.2 Å². The number of oxazole rings is 1. The number of nitrogens with zero attached hydrogens (tertiary/aromatic N) is 3. The molecule has 27 heavy (non-hydrogen) atoms. The topological polar surface area (TPSA) is 79.7 Å². The summed E-state index contributed by atoms with van der Waals surface area (Å²) in [6, 6.07) is 8.15. The Morgan fingerprint density at radius 3 is 2.48 bits per heavy atom. The van der Waals surface area contributed by atoms with Crippen LogP contribution in [0, 0.1) is 26.7 Å². The minimum Gasteiger partial charge on any atom is -0.444 e. The molecule has 1 aromatic carbocycles. The average Bonchev–Trinajstić information content (AvgIpc) is 2.94. The summed E-state index contributed by atoms with van der Waals surface area (Å²) in [5.74, 6) is 2.81. The van der Waals surface area contributed by atoms with E-state index >= 15 is 0 Å². The molecule has 1 fully saturated rings. The molecule has 148 valence electrons. The van der Waals surface area contributed by atoms with Gasteiger partial charge in [0.05, 0.1) is 12.2 Å². The maximum atomic E-state index is 6.01. The van der Waals surface area contributed by atoms with E-state index in [1.165, 1.54) is 5.56 Å². The monoisotopic (exact) mass is 483 g/mol. The normalized spacial score (nSPS) is 16.2. The standard InChI is InChI=1S/C20H29N5O.HI/c1-14-4-6-18(7-5-14)24-20(21)22-12-17-8-10-25(11-9-17)13-19-23-15(2)16(3)26-19;/h4-7,17H,8-13H2,1-3H3,(H3,21,22,24);1H. The molecule has 2 heterocycles. The van der Waals surface area contributed by atoms with Crippen molar-refractivity contribution in [3.63, 3.8) is 0 Å². The summed E-state index contributed by atoms with van der Waals surface area (Å²) in [5, 5.41) is 3.15. The molecule has 1 saturated heterocycles. The number of nitrogens with two attached hydrogens (primary N) is 1. The molecule has 0 spiro atoms. The lowest BCUT2D eigenvalue weighted by Crippen LogP contribution is -2.34. The summed E-state index contributed by atoms with van der Waals surface area (Å²) < 4.78 is 5.69. The van der Waals surface area contributed by atoms with E-state index in [2.05, 4.69) is 39.2 Å². The number of piperidine rings is 1. The van der Waals surface area contributed by atoms with E-state index in [1.54, 1.807) is 0 Å². The van der Waals surface area contributed by atoms with Crippen molar-refractivity contribution in [2.75, 3.05) is 25.0 Å². The van der Waals surface area contributed by atoms with Gasteiger partial charge in [-0.25, -0.2) is 4.98 Å². The predicted molar refractivity (Wildman–Crippen MR) is 121 cm³/mol. The van der Waals surface area contributed by atoms with Gasteiger partial charge in [-0.1, -0.05) is 17.7 Å². The number of anilines is 1. The molecule has 1 aliphatic rings. The SMILES string of the molecule is Cc1ccc(NC(N)=NCC2CCN(Cc3nc(C)c(C)o3)CC2)cc1.I. The van der Waals surface area contributed by atoms with Crippen LogP contribution in [0.2, 0.25) is 0 Å².